The predicted molar refractivity (Wildman–Crippen MR) is 57.8 cm³/mol. The summed E-state index contributed by atoms with van der Waals surface area (Å²) >= 11 is 3.29. The van der Waals surface area contributed by atoms with Crippen LogP contribution in [-0.2, 0) is 4.74 Å². The molecule has 0 heterocycles. The van der Waals surface area contributed by atoms with Gasteiger partial charge in [0.25, 0.3) is 0 Å². The van der Waals surface area contributed by atoms with Crippen LogP contribution >= 0.6 is 15.9 Å². The quantitative estimate of drug-likeness (QED) is 0.424. The Labute approximate surface area is 88.5 Å². The SMILES string of the molecule is C=C(C)CN(CCO)COC(C)Br. The van der Waals surface area contributed by atoms with E-state index in [4.69, 9.17) is 9.84 Å². The lowest BCUT2D eigenvalue weighted by Crippen LogP contribution is -2.31. The number of ether oxygens (including phenoxy) is 1. The van der Waals surface area contributed by atoms with Gasteiger partial charge in [-0.15, -0.1) is 0 Å². The molecule has 3 nitrogen and oxygen atoms in total. The van der Waals surface area contributed by atoms with Crippen molar-refractivity contribution >= 4 is 15.9 Å². The van der Waals surface area contributed by atoms with Gasteiger partial charge in [-0.2, -0.15) is 0 Å². The Hall–Kier alpha value is 0.100. The summed E-state index contributed by atoms with van der Waals surface area (Å²) in [7, 11) is 0. The molecule has 78 valence electrons. The summed E-state index contributed by atoms with van der Waals surface area (Å²) in [5.41, 5.74) is 1.07. The molecular formula is C9H18BrNO2. The minimum atomic E-state index is 0.0406. The van der Waals surface area contributed by atoms with Crippen molar-refractivity contribution < 1.29 is 9.84 Å². The van der Waals surface area contributed by atoms with Crippen molar-refractivity contribution in [3.05, 3.63) is 12.2 Å². The highest BCUT2D eigenvalue weighted by atomic mass is 79.9. The lowest BCUT2D eigenvalue weighted by atomic mass is 10.3. The van der Waals surface area contributed by atoms with Crippen LogP contribution in [0.2, 0.25) is 0 Å². The summed E-state index contributed by atoms with van der Waals surface area (Å²) in [6.45, 7) is 9.73. The van der Waals surface area contributed by atoms with Crippen LogP contribution in [0.1, 0.15) is 13.8 Å². The van der Waals surface area contributed by atoms with Gasteiger partial charge in [-0.1, -0.05) is 28.1 Å². The first-order valence-electron chi connectivity index (χ1n) is 4.29. The molecule has 0 saturated carbocycles. The molecule has 0 aliphatic carbocycles. The van der Waals surface area contributed by atoms with Gasteiger partial charge in [-0.05, 0) is 13.8 Å². The maximum Gasteiger partial charge on any atom is 0.111 e. The Bertz CT molecular complexity index is 151. The molecule has 0 radical (unpaired) electrons. The normalized spacial score (nSPS) is 13.3. The average Bonchev–Trinajstić information content (AvgIpc) is 1.99. The first-order valence-corrected chi connectivity index (χ1v) is 5.21. The zero-order chi connectivity index (χ0) is 10.3. The fraction of sp³-hybridized carbons (Fsp3) is 0.778. The highest BCUT2D eigenvalue weighted by Gasteiger charge is 2.05. The van der Waals surface area contributed by atoms with E-state index in [0.717, 1.165) is 12.1 Å². The van der Waals surface area contributed by atoms with Gasteiger partial charge in [0.05, 0.1) is 6.61 Å². The number of nitrogens with zero attached hydrogens (tertiary/aromatic N) is 1. The summed E-state index contributed by atoms with van der Waals surface area (Å²) in [5.74, 6) is 0. The van der Waals surface area contributed by atoms with Gasteiger partial charge < -0.3 is 9.84 Å². The summed E-state index contributed by atoms with van der Waals surface area (Å²) in [4.78, 5) is 2.00. The molecule has 0 aromatic rings. The molecule has 0 saturated heterocycles. The summed E-state index contributed by atoms with van der Waals surface area (Å²) in [5, 5.41) is 8.82. The van der Waals surface area contributed by atoms with Gasteiger partial charge in [-0.25, -0.2) is 0 Å². The van der Waals surface area contributed by atoms with E-state index in [9.17, 15) is 0 Å². The van der Waals surface area contributed by atoms with Crippen molar-refractivity contribution in [3.8, 4) is 0 Å². The average molecular weight is 252 g/mol. The van der Waals surface area contributed by atoms with Gasteiger partial charge in [0.15, 0.2) is 0 Å². The highest BCUT2D eigenvalue weighted by Crippen LogP contribution is 2.02. The fourth-order valence-corrected chi connectivity index (χ4v) is 1.04. The van der Waals surface area contributed by atoms with Crippen molar-refractivity contribution in [2.75, 3.05) is 26.4 Å². The number of aliphatic hydroxyl groups excluding tert-OH is 1. The van der Waals surface area contributed by atoms with Gasteiger partial charge in [0.1, 0.15) is 11.7 Å². The largest absolute Gasteiger partial charge is 0.395 e. The number of aliphatic hydroxyl groups is 1. The molecule has 0 spiro atoms. The number of rotatable bonds is 7. The van der Waals surface area contributed by atoms with Gasteiger partial charge >= 0.3 is 0 Å². The maximum atomic E-state index is 8.78. The Morgan fingerprint density at radius 3 is 2.69 bits per heavy atom. The minimum absolute atomic E-state index is 0.0406. The van der Waals surface area contributed by atoms with E-state index in [1.54, 1.807) is 0 Å². The maximum absolute atomic E-state index is 8.78. The number of hydrogen-bond acceptors (Lipinski definition) is 3. The molecule has 1 N–H and O–H groups in total. The summed E-state index contributed by atoms with van der Waals surface area (Å²) in [6.07, 6.45) is 0. The van der Waals surface area contributed by atoms with Crippen LogP contribution in [0.25, 0.3) is 0 Å². The van der Waals surface area contributed by atoms with E-state index in [1.807, 2.05) is 18.7 Å². The molecule has 0 aromatic carbocycles. The third kappa shape index (κ3) is 8.43. The first kappa shape index (κ1) is 13.1. The molecule has 0 fully saturated rings. The second kappa shape index (κ2) is 7.50. The molecular weight excluding hydrogens is 234 g/mol. The minimum Gasteiger partial charge on any atom is -0.395 e. The van der Waals surface area contributed by atoms with Crippen LogP contribution < -0.4 is 0 Å². The van der Waals surface area contributed by atoms with Crippen molar-refractivity contribution in [2.45, 2.75) is 18.9 Å². The molecule has 13 heavy (non-hydrogen) atoms. The molecule has 0 bridgehead atoms. The van der Waals surface area contributed by atoms with Crippen molar-refractivity contribution in [1.29, 1.82) is 0 Å². The number of alkyl halides is 1. The molecule has 0 aromatic heterocycles. The Kier molecular flexibility index (Phi) is 7.56. The topological polar surface area (TPSA) is 32.7 Å². The molecule has 1 unspecified atom stereocenters. The Morgan fingerprint density at radius 2 is 2.31 bits per heavy atom. The van der Waals surface area contributed by atoms with Crippen LogP contribution in [0, 0.1) is 0 Å². The van der Waals surface area contributed by atoms with Crippen LogP contribution in [0.3, 0.4) is 0 Å². The lowest BCUT2D eigenvalue weighted by Gasteiger charge is -2.21. The van der Waals surface area contributed by atoms with Crippen LogP contribution in [0.15, 0.2) is 12.2 Å². The smallest absolute Gasteiger partial charge is 0.111 e. The zero-order valence-corrected chi connectivity index (χ0v) is 9.88. The lowest BCUT2D eigenvalue weighted by molar-refractivity contribution is 0.0210. The molecule has 0 aliphatic heterocycles. The van der Waals surface area contributed by atoms with Crippen LogP contribution in [0.5, 0.6) is 0 Å². The standard InChI is InChI=1S/C9H18BrNO2/c1-8(2)6-11(4-5-12)7-13-9(3)10/h9,12H,1,4-7H2,2-3H3. The Balaban J connectivity index is 3.72. The van der Waals surface area contributed by atoms with Gasteiger partial charge in [-0.3, -0.25) is 4.90 Å². The van der Waals surface area contributed by atoms with Crippen LogP contribution in [0.4, 0.5) is 0 Å². The van der Waals surface area contributed by atoms with Crippen molar-refractivity contribution in [3.63, 3.8) is 0 Å². The monoisotopic (exact) mass is 251 g/mol. The van der Waals surface area contributed by atoms with E-state index < -0.39 is 0 Å². The summed E-state index contributed by atoms with van der Waals surface area (Å²) < 4.78 is 5.35. The fourth-order valence-electron chi connectivity index (χ4n) is 0.921. The van der Waals surface area contributed by atoms with Gasteiger partial charge in [0, 0.05) is 13.1 Å². The third-order valence-corrected chi connectivity index (χ3v) is 1.66. The van der Waals surface area contributed by atoms with Crippen molar-refractivity contribution in [2.24, 2.45) is 0 Å². The highest BCUT2D eigenvalue weighted by molar-refractivity contribution is 9.09. The molecule has 0 amide bonds. The van der Waals surface area contributed by atoms with Gasteiger partial charge in [0.2, 0.25) is 0 Å². The second-order valence-corrected chi connectivity index (χ2v) is 4.36. The molecule has 0 aliphatic rings. The Morgan fingerprint density at radius 1 is 1.69 bits per heavy atom. The predicted octanol–water partition coefficient (Wildman–Crippen LogP) is 1.57. The first-order chi connectivity index (χ1) is 6.06. The van der Waals surface area contributed by atoms with E-state index >= 15 is 0 Å². The van der Waals surface area contributed by atoms with E-state index in [0.29, 0.717) is 13.3 Å². The van der Waals surface area contributed by atoms with Crippen molar-refractivity contribution in [1.82, 2.24) is 4.90 Å². The molecule has 0 rings (SSSR count). The molecule has 4 heteroatoms. The number of halogens is 1. The van der Waals surface area contributed by atoms with Crippen LogP contribution in [-0.4, -0.2) is 41.4 Å². The third-order valence-electron chi connectivity index (χ3n) is 1.40. The molecule has 1 atom stereocenters. The van der Waals surface area contributed by atoms with E-state index in [-0.39, 0.29) is 11.6 Å². The second-order valence-electron chi connectivity index (χ2n) is 3.07. The summed E-state index contributed by atoms with van der Waals surface area (Å²) in [6, 6.07) is 0. The number of hydrogen-bond donors (Lipinski definition) is 1. The van der Waals surface area contributed by atoms with E-state index in [1.165, 1.54) is 0 Å². The zero-order valence-electron chi connectivity index (χ0n) is 8.29. The van der Waals surface area contributed by atoms with E-state index in [2.05, 4.69) is 22.5 Å².